The third kappa shape index (κ3) is 10.3. The lowest BCUT2D eigenvalue weighted by Crippen LogP contribution is -2.00. The van der Waals surface area contributed by atoms with E-state index in [-0.39, 0.29) is 0 Å². The summed E-state index contributed by atoms with van der Waals surface area (Å²) in [7, 11) is 0. The van der Waals surface area contributed by atoms with E-state index >= 15 is 0 Å². The Kier molecular flexibility index (Phi) is 12.1. The molecule has 0 aliphatic carbocycles. The summed E-state index contributed by atoms with van der Waals surface area (Å²) in [5.74, 6) is 0.978. The zero-order valence-corrected chi connectivity index (χ0v) is 11.1. The lowest BCUT2D eigenvalue weighted by atomic mass is 9.91. The Labute approximate surface area is 97.8 Å². The Morgan fingerprint density at radius 3 is 1.80 bits per heavy atom. The molecule has 0 aromatic rings. The smallest absolute Gasteiger partial charge is 0.0414 e. The molecule has 0 nitrogen and oxygen atoms in total. The lowest BCUT2D eigenvalue weighted by molar-refractivity contribution is 0.386. The summed E-state index contributed by atoms with van der Waals surface area (Å²) in [6, 6.07) is 0. The molecule has 0 aromatic heterocycles. The summed E-state index contributed by atoms with van der Waals surface area (Å²) in [4.78, 5) is 0. The molecule has 0 rings (SSSR count). The maximum Gasteiger partial charge on any atom is -0.0414 e. The molecular formula is C15H31. The van der Waals surface area contributed by atoms with Gasteiger partial charge in [-0.2, -0.15) is 0 Å². The second-order valence-electron chi connectivity index (χ2n) is 4.85. The minimum atomic E-state index is 0.978. The summed E-state index contributed by atoms with van der Waals surface area (Å²) in [6.07, 6.45) is 15.3. The molecule has 0 N–H and O–H groups in total. The van der Waals surface area contributed by atoms with Crippen molar-refractivity contribution in [2.75, 3.05) is 0 Å². The van der Waals surface area contributed by atoms with Crippen LogP contribution < -0.4 is 0 Å². The molecule has 0 bridgehead atoms. The monoisotopic (exact) mass is 211 g/mol. The molecular weight excluding hydrogens is 180 g/mol. The zero-order valence-electron chi connectivity index (χ0n) is 11.1. The van der Waals surface area contributed by atoms with Crippen molar-refractivity contribution in [1.82, 2.24) is 0 Å². The highest BCUT2D eigenvalue weighted by atomic mass is 14.1. The van der Waals surface area contributed by atoms with E-state index in [0.717, 1.165) is 12.3 Å². The van der Waals surface area contributed by atoms with E-state index in [1.807, 2.05) is 0 Å². The van der Waals surface area contributed by atoms with Crippen LogP contribution in [-0.4, -0.2) is 0 Å². The minimum absolute atomic E-state index is 0.978. The van der Waals surface area contributed by atoms with Crippen LogP contribution in [0.1, 0.15) is 84.5 Å². The molecule has 0 amide bonds. The molecule has 0 heterocycles. The van der Waals surface area contributed by atoms with Crippen molar-refractivity contribution in [1.29, 1.82) is 0 Å². The molecule has 0 fully saturated rings. The number of unbranched alkanes of at least 4 members (excludes halogenated alkanes) is 5. The fraction of sp³-hybridized carbons (Fsp3) is 0.933. The second-order valence-corrected chi connectivity index (χ2v) is 4.85. The molecule has 15 heavy (non-hydrogen) atoms. The van der Waals surface area contributed by atoms with Gasteiger partial charge in [0.15, 0.2) is 0 Å². The second kappa shape index (κ2) is 12.1. The van der Waals surface area contributed by atoms with Crippen LogP contribution in [0.2, 0.25) is 0 Å². The van der Waals surface area contributed by atoms with Gasteiger partial charge in [0, 0.05) is 0 Å². The molecule has 0 aromatic carbocycles. The first-order valence-electron chi connectivity index (χ1n) is 7.14. The van der Waals surface area contributed by atoms with Gasteiger partial charge in [-0.05, 0) is 5.92 Å². The van der Waals surface area contributed by atoms with E-state index in [1.165, 1.54) is 64.2 Å². The van der Waals surface area contributed by atoms with Crippen LogP contribution in [0.3, 0.4) is 0 Å². The summed E-state index contributed by atoms with van der Waals surface area (Å²) in [5, 5.41) is 0. The lowest BCUT2D eigenvalue weighted by Gasteiger charge is -2.15. The van der Waals surface area contributed by atoms with Gasteiger partial charge in [-0.3, -0.25) is 0 Å². The number of hydrogen-bond donors (Lipinski definition) is 0. The largest absolute Gasteiger partial charge is 0.0654 e. The van der Waals surface area contributed by atoms with Gasteiger partial charge in [0.2, 0.25) is 0 Å². The van der Waals surface area contributed by atoms with Gasteiger partial charge in [-0.15, -0.1) is 0 Å². The number of hydrogen-bond acceptors (Lipinski definition) is 0. The predicted octanol–water partition coefficient (Wildman–Crippen LogP) is 5.77. The first kappa shape index (κ1) is 15.0. The van der Waals surface area contributed by atoms with E-state index < -0.39 is 0 Å². The van der Waals surface area contributed by atoms with E-state index in [1.54, 1.807) is 0 Å². The third-order valence-corrected chi connectivity index (χ3v) is 3.29. The Hall–Kier alpha value is 0. The predicted molar refractivity (Wildman–Crippen MR) is 71.0 cm³/mol. The van der Waals surface area contributed by atoms with E-state index in [0.29, 0.717) is 0 Å². The van der Waals surface area contributed by atoms with Crippen molar-refractivity contribution in [3.05, 3.63) is 6.92 Å². The van der Waals surface area contributed by atoms with E-state index in [9.17, 15) is 0 Å². The van der Waals surface area contributed by atoms with Crippen molar-refractivity contribution in [3.63, 3.8) is 0 Å². The van der Waals surface area contributed by atoms with E-state index in [2.05, 4.69) is 20.8 Å². The van der Waals surface area contributed by atoms with Crippen molar-refractivity contribution < 1.29 is 0 Å². The zero-order chi connectivity index (χ0) is 11.4. The van der Waals surface area contributed by atoms with Gasteiger partial charge >= 0.3 is 0 Å². The topological polar surface area (TPSA) is 0 Å². The maximum absolute atomic E-state index is 4.00. The average Bonchev–Trinajstić information content (AvgIpc) is 2.24. The molecule has 1 atom stereocenters. The van der Waals surface area contributed by atoms with Gasteiger partial charge in [-0.25, -0.2) is 0 Å². The summed E-state index contributed by atoms with van der Waals surface area (Å²) in [6.45, 7) is 8.57. The first-order valence-corrected chi connectivity index (χ1v) is 7.14. The fourth-order valence-corrected chi connectivity index (χ4v) is 2.26. The Morgan fingerprint density at radius 2 is 1.27 bits per heavy atom. The minimum Gasteiger partial charge on any atom is -0.0654 e. The molecule has 91 valence electrons. The summed E-state index contributed by atoms with van der Waals surface area (Å²) >= 11 is 0. The van der Waals surface area contributed by atoms with Crippen molar-refractivity contribution in [2.24, 2.45) is 5.92 Å². The summed E-state index contributed by atoms with van der Waals surface area (Å²) in [5.41, 5.74) is 0. The number of rotatable bonds is 11. The molecule has 0 saturated heterocycles. The van der Waals surface area contributed by atoms with Crippen LogP contribution in [0.4, 0.5) is 0 Å². The fourth-order valence-electron chi connectivity index (χ4n) is 2.26. The molecule has 1 unspecified atom stereocenters. The standard InChI is InChI=1S/C15H31/c1-4-7-9-11-14-15(12-6-3)13-10-8-5-2/h15H,3-14H2,1-2H3. The Bertz CT molecular complexity index is 107. The molecule has 0 saturated carbocycles. The first-order chi connectivity index (χ1) is 7.35. The van der Waals surface area contributed by atoms with Gasteiger partial charge in [0.25, 0.3) is 0 Å². The van der Waals surface area contributed by atoms with Gasteiger partial charge < -0.3 is 0 Å². The van der Waals surface area contributed by atoms with Gasteiger partial charge in [-0.1, -0.05) is 91.4 Å². The molecule has 1 radical (unpaired) electrons. The van der Waals surface area contributed by atoms with Crippen molar-refractivity contribution in [3.8, 4) is 0 Å². The molecule has 0 heteroatoms. The molecule has 0 spiro atoms. The Balaban J connectivity index is 3.44. The average molecular weight is 211 g/mol. The molecule has 0 aliphatic rings. The van der Waals surface area contributed by atoms with Crippen LogP contribution >= 0.6 is 0 Å². The highest BCUT2D eigenvalue weighted by Crippen LogP contribution is 2.22. The highest BCUT2D eigenvalue weighted by Gasteiger charge is 2.06. The van der Waals surface area contributed by atoms with Crippen LogP contribution in [0, 0.1) is 12.8 Å². The SMILES string of the molecule is [CH2]CCC(CCCCC)CCCCCC. The van der Waals surface area contributed by atoms with E-state index in [4.69, 9.17) is 0 Å². The third-order valence-electron chi connectivity index (χ3n) is 3.29. The van der Waals surface area contributed by atoms with Crippen LogP contribution in [0.25, 0.3) is 0 Å². The van der Waals surface area contributed by atoms with Gasteiger partial charge in [0.05, 0.1) is 0 Å². The van der Waals surface area contributed by atoms with Crippen molar-refractivity contribution >= 4 is 0 Å². The Morgan fingerprint density at radius 1 is 0.733 bits per heavy atom. The van der Waals surface area contributed by atoms with Crippen LogP contribution in [-0.2, 0) is 0 Å². The highest BCUT2D eigenvalue weighted by molar-refractivity contribution is 4.61. The maximum atomic E-state index is 4.00. The van der Waals surface area contributed by atoms with Crippen molar-refractivity contribution in [2.45, 2.75) is 84.5 Å². The molecule has 0 aliphatic heterocycles. The summed E-state index contributed by atoms with van der Waals surface area (Å²) < 4.78 is 0. The van der Waals surface area contributed by atoms with Gasteiger partial charge in [0.1, 0.15) is 0 Å². The normalized spacial score (nSPS) is 13.0. The quantitative estimate of drug-likeness (QED) is 0.381. The van der Waals surface area contributed by atoms with Crippen LogP contribution in [0.5, 0.6) is 0 Å². The van der Waals surface area contributed by atoms with Crippen LogP contribution in [0.15, 0.2) is 0 Å².